The Morgan fingerprint density at radius 2 is 1.89 bits per heavy atom. The van der Waals surface area contributed by atoms with Crippen LogP contribution in [0.15, 0.2) is 39.8 Å². The van der Waals surface area contributed by atoms with Crippen molar-refractivity contribution in [2.45, 2.75) is 45.8 Å². The quantitative estimate of drug-likeness (QED) is 0.517. The molecule has 0 aliphatic carbocycles. The first kappa shape index (κ1) is 28.2. The van der Waals surface area contributed by atoms with Gasteiger partial charge < -0.3 is 24.7 Å². The summed E-state index contributed by atoms with van der Waals surface area (Å²) < 4.78 is 10.6. The summed E-state index contributed by atoms with van der Waals surface area (Å²) in [4.78, 5) is 50.0. The van der Waals surface area contributed by atoms with Crippen LogP contribution in [0, 0.1) is 0 Å². The molecule has 4 aliphatic rings. The van der Waals surface area contributed by atoms with Crippen LogP contribution in [0.4, 0.5) is 4.79 Å². The SMILES string of the molecule is CC.COc1ccc2c(c1)C(=O)N(C)C2.O=C1CCCN1.O=C1NC(=O)C(c2cc3c(o2)C=CC=NC3)N1. The molecule has 0 bridgehead atoms. The van der Waals surface area contributed by atoms with Crippen LogP contribution in [0.25, 0.3) is 6.08 Å². The van der Waals surface area contributed by atoms with Gasteiger partial charge in [0, 0.05) is 43.9 Å². The number of carbonyl (C=O) groups excluding carboxylic acids is 4. The molecule has 1 unspecified atom stereocenters. The van der Waals surface area contributed by atoms with E-state index in [1.54, 1.807) is 49.6 Å². The lowest BCUT2D eigenvalue weighted by Crippen LogP contribution is -2.22. The van der Waals surface area contributed by atoms with Gasteiger partial charge in [-0.3, -0.25) is 24.7 Å². The molecule has 0 radical (unpaired) electrons. The Kier molecular flexibility index (Phi) is 9.80. The van der Waals surface area contributed by atoms with Gasteiger partial charge in [-0.1, -0.05) is 19.9 Å². The Morgan fingerprint density at radius 1 is 1.11 bits per heavy atom. The van der Waals surface area contributed by atoms with E-state index < -0.39 is 18.0 Å². The fourth-order valence-corrected chi connectivity index (χ4v) is 3.95. The number of ether oxygens (including phenoxy) is 1. The van der Waals surface area contributed by atoms with Crippen LogP contribution in [-0.2, 0) is 22.7 Å². The third-order valence-corrected chi connectivity index (χ3v) is 5.82. The first-order valence-corrected chi connectivity index (χ1v) is 12.4. The van der Waals surface area contributed by atoms with Crippen molar-refractivity contribution in [3.8, 4) is 5.75 Å². The van der Waals surface area contributed by atoms with Crippen LogP contribution < -0.4 is 20.7 Å². The highest BCUT2D eigenvalue weighted by atomic mass is 16.5. The molecular formula is C27H33N5O6. The lowest BCUT2D eigenvalue weighted by molar-refractivity contribution is -0.121. The molecule has 11 heteroatoms. The van der Waals surface area contributed by atoms with Crippen LogP contribution in [0.1, 0.15) is 65.7 Å². The number of nitrogens with one attached hydrogen (secondary N) is 3. The molecule has 38 heavy (non-hydrogen) atoms. The Labute approximate surface area is 221 Å². The highest BCUT2D eigenvalue weighted by Gasteiger charge is 2.34. The van der Waals surface area contributed by atoms with E-state index in [4.69, 9.17) is 9.15 Å². The molecule has 2 aromatic rings. The Morgan fingerprint density at radius 3 is 2.50 bits per heavy atom. The first-order chi connectivity index (χ1) is 18.4. The summed E-state index contributed by atoms with van der Waals surface area (Å²) in [5.74, 6) is 1.73. The average molecular weight is 524 g/mol. The minimum absolute atomic E-state index is 0.0777. The number of benzene rings is 1. The van der Waals surface area contributed by atoms with Gasteiger partial charge in [-0.05, 0) is 42.3 Å². The molecule has 1 aromatic heterocycles. The Balaban J connectivity index is 0.000000168. The van der Waals surface area contributed by atoms with Crippen LogP contribution in [0.5, 0.6) is 5.75 Å². The van der Waals surface area contributed by atoms with E-state index in [9.17, 15) is 19.2 Å². The zero-order valence-electron chi connectivity index (χ0n) is 22.0. The number of imide groups is 1. The smallest absolute Gasteiger partial charge is 0.322 e. The number of amides is 5. The summed E-state index contributed by atoms with van der Waals surface area (Å²) in [5.41, 5.74) is 2.74. The van der Waals surface area contributed by atoms with Crippen LogP contribution >= 0.6 is 0 Å². The highest BCUT2D eigenvalue weighted by molar-refractivity contribution is 6.04. The normalized spacial score (nSPS) is 18.3. The second kappa shape index (κ2) is 13.2. The second-order valence-corrected chi connectivity index (χ2v) is 8.42. The summed E-state index contributed by atoms with van der Waals surface area (Å²) in [5, 5.41) is 7.33. The number of rotatable bonds is 2. The van der Waals surface area contributed by atoms with Gasteiger partial charge in [0.15, 0.2) is 6.04 Å². The summed E-state index contributed by atoms with van der Waals surface area (Å²) in [6, 6.07) is 6.12. The van der Waals surface area contributed by atoms with Crippen molar-refractivity contribution in [3.05, 3.63) is 58.6 Å². The van der Waals surface area contributed by atoms with Gasteiger partial charge in [0.2, 0.25) is 5.91 Å². The second-order valence-electron chi connectivity index (χ2n) is 8.42. The van der Waals surface area contributed by atoms with Crippen molar-refractivity contribution in [3.63, 3.8) is 0 Å². The lowest BCUT2D eigenvalue weighted by atomic mass is 10.1. The first-order valence-electron chi connectivity index (χ1n) is 12.4. The molecule has 2 fully saturated rings. The average Bonchev–Trinajstić information content (AvgIpc) is 3.67. The minimum Gasteiger partial charge on any atom is -0.497 e. The third-order valence-electron chi connectivity index (χ3n) is 5.82. The van der Waals surface area contributed by atoms with Crippen molar-refractivity contribution in [1.82, 2.24) is 20.9 Å². The number of hydrogen-bond donors (Lipinski definition) is 3. The number of nitrogens with zero attached hydrogens (tertiary/aromatic N) is 2. The third kappa shape index (κ3) is 6.87. The largest absolute Gasteiger partial charge is 0.497 e. The van der Waals surface area contributed by atoms with Crippen LogP contribution in [0.2, 0.25) is 0 Å². The van der Waals surface area contributed by atoms with Crippen molar-refractivity contribution in [2.75, 3.05) is 20.7 Å². The van der Waals surface area contributed by atoms with Gasteiger partial charge in [0.1, 0.15) is 17.3 Å². The highest BCUT2D eigenvalue weighted by Crippen LogP contribution is 2.26. The van der Waals surface area contributed by atoms with Crippen molar-refractivity contribution < 1.29 is 28.3 Å². The molecule has 4 aliphatic heterocycles. The molecular weight excluding hydrogens is 490 g/mol. The van der Waals surface area contributed by atoms with E-state index in [2.05, 4.69) is 20.9 Å². The summed E-state index contributed by atoms with van der Waals surface area (Å²) in [7, 11) is 3.40. The van der Waals surface area contributed by atoms with Crippen molar-refractivity contribution >= 4 is 36.0 Å². The number of urea groups is 1. The fraction of sp³-hybridized carbons (Fsp3) is 0.370. The number of aliphatic imine (C=N–C) groups is 1. The number of carbonyl (C=O) groups is 4. The van der Waals surface area contributed by atoms with Gasteiger partial charge in [-0.25, -0.2) is 4.79 Å². The number of allylic oxidation sites excluding steroid dienone is 1. The molecule has 5 amide bonds. The van der Waals surface area contributed by atoms with Gasteiger partial charge in [-0.15, -0.1) is 0 Å². The van der Waals surface area contributed by atoms with Crippen LogP contribution in [-0.4, -0.2) is 55.6 Å². The van der Waals surface area contributed by atoms with E-state index in [1.165, 1.54) is 0 Å². The maximum Gasteiger partial charge on any atom is 0.322 e. The molecule has 5 heterocycles. The summed E-state index contributed by atoms with van der Waals surface area (Å²) in [6.07, 6.45) is 7.01. The number of furan rings is 1. The van der Waals surface area contributed by atoms with Crippen LogP contribution in [0.3, 0.4) is 0 Å². The number of fused-ring (bicyclic) bond motifs is 2. The van der Waals surface area contributed by atoms with Gasteiger partial charge in [-0.2, -0.15) is 0 Å². The number of hydrogen-bond acceptors (Lipinski definition) is 7. The van der Waals surface area contributed by atoms with Crippen molar-refractivity contribution in [1.29, 1.82) is 0 Å². The van der Waals surface area contributed by atoms with E-state index >= 15 is 0 Å². The lowest BCUT2D eigenvalue weighted by Gasteiger charge is -2.04. The molecule has 11 nitrogen and oxygen atoms in total. The molecule has 6 rings (SSSR count). The van der Waals surface area contributed by atoms with Gasteiger partial charge in [0.25, 0.3) is 11.8 Å². The Bertz CT molecular complexity index is 1240. The van der Waals surface area contributed by atoms with E-state index in [0.29, 0.717) is 24.6 Å². The maximum atomic E-state index is 11.5. The van der Waals surface area contributed by atoms with Gasteiger partial charge >= 0.3 is 6.03 Å². The van der Waals surface area contributed by atoms with Gasteiger partial charge in [0.05, 0.1) is 13.7 Å². The van der Waals surface area contributed by atoms with E-state index in [-0.39, 0.29) is 11.8 Å². The number of methoxy groups -OCH3 is 1. The summed E-state index contributed by atoms with van der Waals surface area (Å²) >= 11 is 0. The van der Waals surface area contributed by atoms with E-state index in [0.717, 1.165) is 41.8 Å². The minimum atomic E-state index is -0.744. The molecule has 0 spiro atoms. The topological polar surface area (TPSA) is 142 Å². The maximum absolute atomic E-state index is 11.5. The fourth-order valence-electron chi connectivity index (χ4n) is 3.95. The van der Waals surface area contributed by atoms with Crippen molar-refractivity contribution in [2.24, 2.45) is 4.99 Å². The molecule has 3 N–H and O–H groups in total. The summed E-state index contributed by atoms with van der Waals surface area (Å²) in [6.45, 7) is 6.10. The predicted molar refractivity (Wildman–Crippen MR) is 142 cm³/mol. The van der Waals surface area contributed by atoms with E-state index in [1.807, 2.05) is 26.0 Å². The monoisotopic (exact) mass is 523 g/mol. The molecule has 2 saturated heterocycles. The molecule has 1 atom stereocenters. The molecule has 1 aromatic carbocycles. The molecule has 202 valence electrons. The Hall–Kier alpha value is -4.41. The predicted octanol–water partition coefficient (Wildman–Crippen LogP) is 2.96. The zero-order chi connectivity index (χ0) is 27.7. The standard InChI is InChI=1S/C11H9N3O3.C10H11NO2.C4H7NO.C2H6/c15-10-9(13-11(16)14-10)8-4-6-5-12-3-1-2-7(6)17-8;1-11-6-7-3-4-8(13-2)5-9(7)10(11)12;6-4-2-1-3-5-4;1-2/h1-4,9H,5H2,(H2,13,14,15,16);3-5H,6H2,1-2H3;1-3H2,(H,5,6);1-2H3. The molecule has 0 saturated carbocycles. The zero-order valence-corrected chi connectivity index (χ0v) is 22.0.